The van der Waals surface area contributed by atoms with Crippen LogP contribution in [-0.2, 0) is 22.4 Å². The molecule has 9 heteroatoms. The standard InChI is InChI=1S/C13H24GeN.CHF3O3S/c1-13(2,3)14(4,5)11-12-9-7-8-10-15(12)6;2-1(3,4)8(5,6)7/h7-10H,11H2,1-6H3;(H,5,6,7)/q+1;/p-1. The Balaban J connectivity index is 0.000000515. The summed E-state index contributed by atoms with van der Waals surface area (Å²) in [6.45, 7) is 7.20. The van der Waals surface area contributed by atoms with Crippen LogP contribution >= 0.6 is 0 Å². The third-order valence-electron chi connectivity index (χ3n) is 4.10. The summed E-state index contributed by atoms with van der Waals surface area (Å²) >= 11 is -1.73. The number of aromatic nitrogens is 1. The van der Waals surface area contributed by atoms with E-state index in [4.69, 9.17) is 13.0 Å². The second-order valence-corrected chi connectivity index (χ2v) is 20.2. The van der Waals surface area contributed by atoms with Gasteiger partial charge in [-0.25, -0.2) is 8.42 Å². The van der Waals surface area contributed by atoms with Gasteiger partial charge in [0.2, 0.25) is 0 Å². The van der Waals surface area contributed by atoms with Crippen LogP contribution in [0.15, 0.2) is 24.4 Å². The first-order chi connectivity index (χ1) is 9.99. The molecule has 0 atom stereocenters. The Hall–Kier alpha value is -0.607. The van der Waals surface area contributed by atoms with Crippen molar-refractivity contribution in [2.24, 2.45) is 7.05 Å². The van der Waals surface area contributed by atoms with Gasteiger partial charge in [0.05, 0.1) is 0 Å². The van der Waals surface area contributed by atoms with Crippen LogP contribution in [0.25, 0.3) is 0 Å². The van der Waals surface area contributed by atoms with E-state index in [1.54, 1.807) is 0 Å². The van der Waals surface area contributed by atoms with E-state index in [-0.39, 0.29) is 0 Å². The second kappa shape index (κ2) is 7.52. The fourth-order valence-electron chi connectivity index (χ4n) is 1.46. The number of hydrogen-bond acceptors (Lipinski definition) is 3. The summed E-state index contributed by atoms with van der Waals surface area (Å²) in [5.74, 6) is 5.07. The molecule has 0 radical (unpaired) electrons. The number of alkyl halides is 3. The smallest absolute Gasteiger partial charge is 0.485 e. The van der Waals surface area contributed by atoms with E-state index < -0.39 is 28.9 Å². The molecule has 1 aromatic heterocycles. The van der Waals surface area contributed by atoms with E-state index >= 15 is 0 Å². The van der Waals surface area contributed by atoms with E-state index in [0.717, 1.165) is 0 Å². The Morgan fingerprint density at radius 2 is 1.61 bits per heavy atom. The first-order valence-electron chi connectivity index (χ1n) is 6.95. The molecule has 134 valence electrons. The zero-order chi connectivity index (χ0) is 18.7. The van der Waals surface area contributed by atoms with Crippen molar-refractivity contribution >= 4 is 23.4 Å². The molecule has 1 heterocycles. The molecule has 0 saturated carbocycles. The zero-order valence-corrected chi connectivity index (χ0v) is 17.1. The first kappa shape index (κ1) is 22.4. The van der Waals surface area contributed by atoms with Crippen molar-refractivity contribution in [3.63, 3.8) is 0 Å². The molecular formula is C14H24F3GeNO3S. The molecule has 0 saturated heterocycles. The number of aryl methyl sites for hydroxylation is 1. The number of rotatable bonds is 2. The van der Waals surface area contributed by atoms with Crippen LogP contribution in [0.5, 0.6) is 0 Å². The molecule has 0 aromatic carbocycles. The minimum atomic E-state index is -6.09. The normalized spacial score (nSPS) is 13.3. The van der Waals surface area contributed by atoms with Gasteiger partial charge in [0.15, 0.2) is 10.1 Å². The summed E-state index contributed by atoms with van der Waals surface area (Å²) < 4.78 is 61.7. The Kier molecular flexibility index (Phi) is 7.32. The van der Waals surface area contributed by atoms with E-state index in [0.29, 0.717) is 4.25 Å². The molecule has 0 spiro atoms. The van der Waals surface area contributed by atoms with Crippen LogP contribution in [0, 0.1) is 0 Å². The fourth-order valence-corrected chi connectivity index (χ4v) is 5.24. The summed E-state index contributed by atoms with van der Waals surface area (Å²) in [5.41, 5.74) is -4.16. The largest absolute Gasteiger partial charge is 0.741 e. The van der Waals surface area contributed by atoms with Gasteiger partial charge in [-0.15, -0.1) is 0 Å². The van der Waals surface area contributed by atoms with Gasteiger partial charge in [-0.2, -0.15) is 13.2 Å². The third kappa shape index (κ3) is 7.22. The Labute approximate surface area is 138 Å². The maximum atomic E-state index is 10.7. The predicted octanol–water partition coefficient (Wildman–Crippen LogP) is 3.15. The number of halogens is 3. The Morgan fingerprint density at radius 3 is 1.91 bits per heavy atom. The molecule has 1 aromatic rings. The van der Waals surface area contributed by atoms with Gasteiger partial charge in [0.25, 0.3) is 0 Å². The average Bonchev–Trinajstić information content (AvgIpc) is 2.28. The second-order valence-electron chi connectivity index (χ2n) is 7.01. The van der Waals surface area contributed by atoms with Crippen LogP contribution in [0.2, 0.25) is 15.8 Å². The van der Waals surface area contributed by atoms with E-state index in [2.05, 4.69) is 68.3 Å². The SMILES string of the molecule is C[n+]1ccccc1[CH2][Ge]([CH3])([CH3])[C](C)(C)C.O=S(=O)([O-])C(F)(F)F. The van der Waals surface area contributed by atoms with Gasteiger partial charge in [-0.1, -0.05) is 0 Å². The van der Waals surface area contributed by atoms with E-state index in [1.165, 1.54) is 10.9 Å². The van der Waals surface area contributed by atoms with Crippen LogP contribution in [0.1, 0.15) is 26.5 Å². The first-order valence-corrected chi connectivity index (χ1v) is 15.1. The van der Waals surface area contributed by atoms with Gasteiger partial charge in [0.1, 0.15) is 0 Å². The molecule has 0 N–H and O–H groups in total. The van der Waals surface area contributed by atoms with Crippen molar-refractivity contribution in [1.29, 1.82) is 0 Å². The summed E-state index contributed by atoms with van der Waals surface area (Å²) in [6.07, 6.45) is 2.15. The zero-order valence-electron chi connectivity index (χ0n) is 14.2. The van der Waals surface area contributed by atoms with Crippen molar-refractivity contribution in [2.45, 2.75) is 47.3 Å². The molecule has 1 rings (SSSR count). The quantitative estimate of drug-likeness (QED) is 0.322. The van der Waals surface area contributed by atoms with Crippen molar-refractivity contribution < 1.29 is 30.7 Å². The molecule has 23 heavy (non-hydrogen) atoms. The molecule has 0 aliphatic heterocycles. The van der Waals surface area contributed by atoms with Gasteiger partial charge in [-0.05, 0) is 0 Å². The molecule has 0 bridgehead atoms. The molecule has 0 amide bonds. The average molecular weight is 416 g/mol. The van der Waals surface area contributed by atoms with Crippen LogP contribution in [0.4, 0.5) is 13.2 Å². The molecule has 4 nitrogen and oxygen atoms in total. The topological polar surface area (TPSA) is 61.1 Å². The van der Waals surface area contributed by atoms with Crippen molar-refractivity contribution in [1.82, 2.24) is 0 Å². The predicted molar refractivity (Wildman–Crippen MR) is 84.3 cm³/mol. The maximum absolute atomic E-state index is 10.7. The third-order valence-corrected chi connectivity index (χ3v) is 15.8. The minimum absolute atomic E-state index is 0.517. The van der Waals surface area contributed by atoms with Gasteiger partial charge in [0, 0.05) is 0 Å². The maximum Gasteiger partial charge on any atom is 0.485 e. The van der Waals surface area contributed by atoms with E-state index in [9.17, 15) is 13.2 Å². The summed E-state index contributed by atoms with van der Waals surface area (Å²) in [5, 5.41) is 1.31. The molecule has 0 aliphatic rings. The summed E-state index contributed by atoms with van der Waals surface area (Å²) in [4.78, 5) is 0. The van der Waals surface area contributed by atoms with Crippen LogP contribution < -0.4 is 4.57 Å². The van der Waals surface area contributed by atoms with Gasteiger partial charge >= 0.3 is 102 Å². The summed E-state index contributed by atoms with van der Waals surface area (Å²) in [7, 11) is -3.94. The Bertz CT molecular complexity index is 623. The number of nitrogens with zero attached hydrogens (tertiary/aromatic N) is 1. The molecule has 0 unspecified atom stereocenters. The number of hydrogen-bond donors (Lipinski definition) is 0. The molecule has 0 aliphatic carbocycles. The Morgan fingerprint density at radius 1 is 1.17 bits per heavy atom. The van der Waals surface area contributed by atoms with Crippen LogP contribution in [0.3, 0.4) is 0 Å². The summed E-state index contributed by atoms with van der Waals surface area (Å²) in [6, 6.07) is 6.51. The van der Waals surface area contributed by atoms with Gasteiger partial charge in [-0.3, -0.25) is 0 Å². The minimum Gasteiger partial charge on any atom is -0.741 e. The van der Waals surface area contributed by atoms with Gasteiger partial charge < -0.3 is 4.55 Å². The molecular weight excluding hydrogens is 392 g/mol. The van der Waals surface area contributed by atoms with Crippen molar-refractivity contribution in [2.75, 3.05) is 0 Å². The van der Waals surface area contributed by atoms with Crippen molar-refractivity contribution in [3.8, 4) is 0 Å². The molecule has 0 fully saturated rings. The number of pyridine rings is 1. The fraction of sp³-hybridized carbons (Fsp3) is 0.643. The van der Waals surface area contributed by atoms with Crippen molar-refractivity contribution in [3.05, 3.63) is 30.1 Å². The van der Waals surface area contributed by atoms with E-state index in [1.807, 2.05) is 0 Å². The monoisotopic (exact) mass is 417 g/mol. The van der Waals surface area contributed by atoms with Crippen LogP contribution in [-0.4, -0.2) is 31.7 Å².